The molecule has 2 aromatic carbocycles. The number of ether oxygens (including phenoxy) is 3. The Balaban J connectivity index is 1.88. The minimum absolute atomic E-state index is 0.423. The third kappa shape index (κ3) is 4.21. The zero-order valence-corrected chi connectivity index (χ0v) is 17.1. The summed E-state index contributed by atoms with van der Waals surface area (Å²) in [5.41, 5.74) is 0.602. The van der Waals surface area contributed by atoms with Gasteiger partial charge in [-0.1, -0.05) is 17.7 Å². The van der Waals surface area contributed by atoms with E-state index in [9.17, 15) is 20.4 Å². The first-order valence-corrected chi connectivity index (χ1v) is 9.53. The van der Waals surface area contributed by atoms with Gasteiger partial charge in [-0.15, -0.1) is 0 Å². The van der Waals surface area contributed by atoms with Crippen LogP contribution in [0.25, 0.3) is 11.1 Å². The van der Waals surface area contributed by atoms with E-state index in [0.717, 1.165) is 16.7 Å². The molecule has 158 valence electrons. The third-order valence-corrected chi connectivity index (χ3v) is 5.38. The molecular weight excluding hydrogens is 400 g/mol. The monoisotopic (exact) mass is 424 g/mol. The molecule has 0 bridgehead atoms. The van der Waals surface area contributed by atoms with Crippen LogP contribution in [0.2, 0.25) is 5.02 Å². The van der Waals surface area contributed by atoms with Gasteiger partial charge >= 0.3 is 0 Å². The van der Waals surface area contributed by atoms with Crippen LogP contribution >= 0.6 is 11.6 Å². The van der Waals surface area contributed by atoms with E-state index in [-0.39, 0.29) is 0 Å². The average molecular weight is 425 g/mol. The van der Waals surface area contributed by atoms with Gasteiger partial charge in [-0.25, -0.2) is 0 Å². The summed E-state index contributed by atoms with van der Waals surface area (Å²) >= 11 is 6.03. The second kappa shape index (κ2) is 8.47. The number of aliphatic hydroxyl groups is 4. The van der Waals surface area contributed by atoms with E-state index in [1.54, 1.807) is 25.3 Å². The Labute approximate surface area is 174 Å². The number of aryl methyl sites for hydroxylation is 1. The summed E-state index contributed by atoms with van der Waals surface area (Å²) in [4.78, 5) is 0. The van der Waals surface area contributed by atoms with Crippen LogP contribution in [0, 0.1) is 6.92 Å². The summed E-state index contributed by atoms with van der Waals surface area (Å²) in [5.74, 6) is 1.05. The molecule has 3 rings (SSSR count). The molecule has 1 fully saturated rings. The third-order valence-electron chi connectivity index (χ3n) is 5.14. The molecule has 0 radical (unpaired) electrons. The van der Waals surface area contributed by atoms with Gasteiger partial charge in [0, 0.05) is 10.6 Å². The minimum atomic E-state index is -1.88. The Morgan fingerprint density at radius 1 is 1.14 bits per heavy atom. The lowest BCUT2D eigenvalue weighted by molar-refractivity contribution is -0.314. The van der Waals surface area contributed by atoms with Crippen molar-refractivity contribution in [3.05, 3.63) is 47.0 Å². The Morgan fingerprint density at radius 3 is 2.48 bits per heavy atom. The topological polar surface area (TPSA) is 109 Å². The normalized spacial score (nSPS) is 29.5. The summed E-state index contributed by atoms with van der Waals surface area (Å²) < 4.78 is 16.7. The first kappa shape index (κ1) is 21.8. The quantitative estimate of drug-likeness (QED) is 0.580. The van der Waals surface area contributed by atoms with Crippen molar-refractivity contribution in [3.8, 4) is 22.6 Å². The fraction of sp³-hybridized carbons (Fsp3) is 0.429. The van der Waals surface area contributed by atoms with E-state index in [2.05, 4.69) is 0 Å². The largest absolute Gasteiger partial charge is 0.496 e. The smallest absolute Gasteiger partial charge is 0.231 e. The Kier molecular flexibility index (Phi) is 6.38. The molecule has 2 aromatic rings. The fourth-order valence-electron chi connectivity index (χ4n) is 3.33. The molecule has 1 aliphatic rings. The zero-order valence-electron chi connectivity index (χ0n) is 16.4. The van der Waals surface area contributed by atoms with Gasteiger partial charge in [-0.05, 0) is 55.3 Å². The van der Waals surface area contributed by atoms with E-state index in [1.165, 1.54) is 6.92 Å². The Morgan fingerprint density at radius 2 is 1.86 bits per heavy atom. The molecular formula is C21H25ClO7. The first-order chi connectivity index (χ1) is 13.7. The molecule has 29 heavy (non-hydrogen) atoms. The molecule has 0 aromatic heterocycles. The van der Waals surface area contributed by atoms with E-state index >= 15 is 0 Å². The maximum Gasteiger partial charge on any atom is 0.231 e. The molecule has 1 saturated heterocycles. The van der Waals surface area contributed by atoms with Crippen molar-refractivity contribution in [2.24, 2.45) is 0 Å². The molecule has 1 heterocycles. The highest BCUT2D eigenvalue weighted by molar-refractivity contribution is 6.30. The van der Waals surface area contributed by atoms with Gasteiger partial charge in [0.15, 0.2) is 5.60 Å². The van der Waals surface area contributed by atoms with E-state index in [1.807, 2.05) is 25.1 Å². The standard InChI is InChI=1S/C21H25ClO7/c1-11-8-12(14-6-5-13(22)9-16(14)27-3)4-7-15(11)28-20-21(2,26)19(25)18(24)17(10-23)29-20/h4-9,17-20,23-26H,10H2,1-3H3/t17?,18-,19?,20+,21+/m1/s1. The van der Waals surface area contributed by atoms with Gasteiger partial charge in [0.1, 0.15) is 29.8 Å². The summed E-state index contributed by atoms with van der Waals surface area (Å²) in [6.07, 6.45) is -5.34. The molecule has 1 aliphatic heterocycles. The summed E-state index contributed by atoms with van der Waals surface area (Å²) in [6, 6.07) is 10.8. The van der Waals surface area contributed by atoms with Crippen LogP contribution in [0.3, 0.4) is 0 Å². The summed E-state index contributed by atoms with van der Waals surface area (Å²) in [5, 5.41) is 40.7. The first-order valence-electron chi connectivity index (χ1n) is 9.15. The predicted octanol–water partition coefficient (Wildman–Crippen LogP) is 1.89. The lowest BCUT2D eigenvalue weighted by atomic mass is 9.88. The van der Waals surface area contributed by atoms with Crippen molar-refractivity contribution in [2.75, 3.05) is 13.7 Å². The number of benzene rings is 2. The van der Waals surface area contributed by atoms with Crippen molar-refractivity contribution < 1.29 is 34.6 Å². The average Bonchev–Trinajstić information content (AvgIpc) is 2.69. The molecule has 7 nitrogen and oxygen atoms in total. The van der Waals surface area contributed by atoms with E-state index in [0.29, 0.717) is 16.5 Å². The molecule has 0 aliphatic carbocycles. The fourth-order valence-corrected chi connectivity index (χ4v) is 3.49. The molecule has 5 atom stereocenters. The van der Waals surface area contributed by atoms with Gasteiger partial charge in [0.05, 0.1) is 13.7 Å². The summed E-state index contributed by atoms with van der Waals surface area (Å²) in [6.45, 7) is 2.61. The predicted molar refractivity (Wildman–Crippen MR) is 107 cm³/mol. The molecule has 2 unspecified atom stereocenters. The Hall–Kier alpha value is -1.87. The molecule has 4 N–H and O–H groups in total. The van der Waals surface area contributed by atoms with Crippen LogP contribution in [-0.4, -0.2) is 64.3 Å². The van der Waals surface area contributed by atoms with Gasteiger partial charge in [-0.2, -0.15) is 0 Å². The second-order valence-electron chi connectivity index (χ2n) is 7.29. The van der Waals surface area contributed by atoms with Crippen molar-refractivity contribution in [3.63, 3.8) is 0 Å². The van der Waals surface area contributed by atoms with E-state index in [4.69, 9.17) is 25.8 Å². The van der Waals surface area contributed by atoms with Crippen molar-refractivity contribution >= 4 is 11.6 Å². The maximum absolute atomic E-state index is 10.6. The SMILES string of the molecule is COc1cc(Cl)ccc1-c1ccc(O[C@H]2OC(CO)[C@@H](O)C(O)[C@]2(C)O)c(C)c1. The van der Waals surface area contributed by atoms with Gasteiger partial charge in [-0.3, -0.25) is 0 Å². The number of hydrogen-bond donors (Lipinski definition) is 4. The number of hydrogen-bond acceptors (Lipinski definition) is 7. The van der Waals surface area contributed by atoms with Crippen LogP contribution < -0.4 is 9.47 Å². The highest BCUT2D eigenvalue weighted by Gasteiger charge is 2.53. The molecule has 0 amide bonds. The molecule has 8 heteroatoms. The second-order valence-corrected chi connectivity index (χ2v) is 7.73. The molecule has 0 spiro atoms. The molecule has 0 saturated carbocycles. The summed E-state index contributed by atoms with van der Waals surface area (Å²) in [7, 11) is 1.57. The van der Waals surface area contributed by atoms with Crippen LogP contribution in [0.4, 0.5) is 0 Å². The van der Waals surface area contributed by atoms with Gasteiger partial charge < -0.3 is 34.6 Å². The maximum atomic E-state index is 10.6. The number of aliphatic hydroxyl groups excluding tert-OH is 3. The lowest BCUT2D eigenvalue weighted by Crippen LogP contribution is -2.66. The number of halogens is 1. The number of rotatable bonds is 5. The minimum Gasteiger partial charge on any atom is -0.496 e. The lowest BCUT2D eigenvalue weighted by Gasteiger charge is -2.45. The van der Waals surface area contributed by atoms with Gasteiger partial charge in [0.2, 0.25) is 6.29 Å². The highest BCUT2D eigenvalue weighted by Crippen LogP contribution is 2.36. The van der Waals surface area contributed by atoms with Crippen LogP contribution in [0.1, 0.15) is 12.5 Å². The Bertz CT molecular complexity index is 870. The van der Waals surface area contributed by atoms with Crippen LogP contribution in [0.5, 0.6) is 11.5 Å². The van der Waals surface area contributed by atoms with Crippen LogP contribution in [0.15, 0.2) is 36.4 Å². The van der Waals surface area contributed by atoms with Crippen molar-refractivity contribution in [1.82, 2.24) is 0 Å². The number of methoxy groups -OCH3 is 1. The zero-order chi connectivity index (χ0) is 21.3. The van der Waals surface area contributed by atoms with Crippen LogP contribution in [-0.2, 0) is 4.74 Å². The van der Waals surface area contributed by atoms with Crippen molar-refractivity contribution in [2.45, 2.75) is 44.1 Å². The van der Waals surface area contributed by atoms with Crippen molar-refractivity contribution in [1.29, 1.82) is 0 Å². The van der Waals surface area contributed by atoms with E-state index < -0.39 is 36.8 Å². The van der Waals surface area contributed by atoms with Gasteiger partial charge in [0.25, 0.3) is 0 Å². The highest BCUT2D eigenvalue weighted by atomic mass is 35.5.